The van der Waals surface area contributed by atoms with E-state index in [1.807, 2.05) is 68.1 Å². The number of fused-ring (bicyclic) bond motifs is 1. The Bertz CT molecular complexity index is 1690. The first-order valence-electron chi connectivity index (χ1n) is 16.1. The third-order valence-corrected chi connectivity index (χ3v) is 9.36. The Morgan fingerprint density at radius 1 is 1.09 bits per heavy atom. The Kier molecular flexibility index (Phi) is 11.0. The van der Waals surface area contributed by atoms with E-state index >= 15 is 0 Å². The lowest BCUT2D eigenvalue weighted by Crippen LogP contribution is -2.46. The van der Waals surface area contributed by atoms with Gasteiger partial charge in [0.25, 0.3) is 0 Å². The van der Waals surface area contributed by atoms with Crippen molar-refractivity contribution in [2.75, 3.05) is 26.8 Å². The predicted octanol–water partition coefficient (Wildman–Crippen LogP) is 6.73. The topological polar surface area (TPSA) is 123 Å². The number of hydrogen-bond donors (Lipinski definition) is 2. The highest BCUT2D eigenvalue weighted by Gasteiger charge is 2.30. The number of benzene rings is 2. The lowest BCUT2D eigenvalue weighted by Gasteiger charge is -2.34. The summed E-state index contributed by atoms with van der Waals surface area (Å²) in [4.78, 5) is 46.1. The van der Waals surface area contributed by atoms with Gasteiger partial charge in [0.1, 0.15) is 16.3 Å². The van der Waals surface area contributed by atoms with Crippen LogP contribution < -0.4 is 5.32 Å². The summed E-state index contributed by atoms with van der Waals surface area (Å²) in [6, 6.07) is 18.9. The molecule has 2 aromatic carbocycles. The van der Waals surface area contributed by atoms with Crippen LogP contribution in [0.5, 0.6) is 0 Å². The van der Waals surface area contributed by atoms with Gasteiger partial charge in [-0.2, -0.15) is 0 Å². The molecule has 1 saturated heterocycles. The number of hydrogen-bond acceptors (Lipinski definition) is 7. The van der Waals surface area contributed by atoms with Crippen molar-refractivity contribution in [1.82, 2.24) is 19.8 Å². The van der Waals surface area contributed by atoms with Gasteiger partial charge in [-0.3, -0.25) is 4.79 Å². The second kappa shape index (κ2) is 15.1. The maximum atomic E-state index is 13.9. The number of carbonyl (C=O) groups excluding carboxylic acids is 2. The molecule has 1 aliphatic heterocycles. The minimum Gasteiger partial charge on any atom is -0.477 e. The molecule has 5 rings (SSSR count). The second-order valence-corrected chi connectivity index (χ2v) is 14.1. The summed E-state index contributed by atoms with van der Waals surface area (Å²) >= 11 is 1.22. The monoisotopic (exact) mass is 660 g/mol. The van der Waals surface area contributed by atoms with Crippen LogP contribution >= 0.6 is 11.3 Å². The van der Waals surface area contributed by atoms with E-state index in [9.17, 15) is 19.5 Å². The molecule has 1 fully saturated rings. The minimum atomic E-state index is -0.945. The highest BCUT2D eigenvalue weighted by atomic mass is 32.1. The highest BCUT2D eigenvalue weighted by molar-refractivity contribution is 7.17. The van der Waals surface area contributed by atoms with E-state index in [1.54, 1.807) is 19.2 Å². The zero-order valence-corrected chi connectivity index (χ0v) is 28.3. The molecule has 0 spiro atoms. The van der Waals surface area contributed by atoms with Crippen LogP contribution in [-0.2, 0) is 27.2 Å². The van der Waals surface area contributed by atoms with E-state index in [0.717, 1.165) is 58.7 Å². The van der Waals surface area contributed by atoms with Gasteiger partial charge in [-0.25, -0.2) is 14.6 Å². The summed E-state index contributed by atoms with van der Waals surface area (Å²) < 4.78 is 13.1. The maximum absolute atomic E-state index is 13.9. The fourth-order valence-electron chi connectivity index (χ4n) is 6.11. The summed E-state index contributed by atoms with van der Waals surface area (Å²) in [5.74, 6) is 0.143. The summed E-state index contributed by atoms with van der Waals surface area (Å²) in [5.41, 5.74) is 3.23. The Morgan fingerprint density at radius 2 is 1.85 bits per heavy atom. The maximum Gasteiger partial charge on any atom is 0.407 e. The van der Waals surface area contributed by atoms with E-state index in [-0.39, 0.29) is 23.1 Å². The first-order chi connectivity index (χ1) is 22.5. The molecule has 0 saturated carbocycles. The number of methoxy groups -OCH3 is 1. The minimum absolute atomic E-state index is 0.0193. The molecule has 11 heteroatoms. The van der Waals surface area contributed by atoms with Gasteiger partial charge in [-0.05, 0) is 81.8 Å². The average molecular weight is 661 g/mol. The van der Waals surface area contributed by atoms with Crippen molar-refractivity contribution in [3.05, 3.63) is 76.9 Å². The van der Waals surface area contributed by atoms with Crippen molar-refractivity contribution >= 4 is 40.3 Å². The number of carbonyl (C=O) groups is 3. The first-order valence-corrected chi connectivity index (χ1v) is 17.0. The zero-order valence-electron chi connectivity index (χ0n) is 27.5. The average Bonchev–Trinajstić information content (AvgIpc) is 3.67. The van der Waals surface area contributed by atoms with Crippen molar-refractivity contribution < 1.29 is 29.0 Å². The number of thiophene rings is 1. The number of aromatic nitrogens is 2. The molecular weight excluding hydrogens is 616 g/mol. The number of aryl methyl sites for hydroxylation is 1. The number of amides is 2. The quantitative estimate of drug-likeness (QED) is 0.162. The molecule has 2 aromatic heterocycles. The van der Waals surface area contributed by atoms with Gasteiger partial charge in [-0.15, -0.1) is 11.3 Å². The molecule has 10 nitrogen and oxygen atoms in total. The molecular formula is C36H44N4O6S. The molecule has 2 atom stereocenters. The summed E-state index contributed by atoms with van der Waals surface area (Å²) in [6.07, 6.45) is 2.69. The molecule has 2 unspecified atom stereocenters. The number of alkyl carbamates (subject to hydrolysis) is 1. The zero-order chi connectivity index (χ0) is 33.6. The number of nitrogens with zero attached hydrogens (tertiary/aromatic N) is 3. The molecule has 3 heterocycles. The molecule has 0 aliphatic carbocycles. The third kappa shape index (κ3) is 8.99. The van der Waals surface area contributed by atoms with Crippen molar-refractivity contribution in [2.24, 2.45) is 0 Å². The van der Waals surface area contributed by atoms with E-state index < -0.39 is 23.7 Å². The summed E-state index contributed by atoms with van der Waals surface area (Å²) in [5, 5.41) is 12.2. The summed E-state index contributed by atoms with van der Waals surface area (Å²) in [6.45, 7) is 8.11. The Labute approximate surface area is 279 Å². The second-order valence-electron chi connectivity index (χ2n) is 13.1. The van der Waals surface area contributed by atoms with Crippen LogP contribution in [0.3, 0.4) is 0 Å². The van der Waals surface area contributed by atoms with Crippen LogP contribution in [0.4, 0.5) is 4.79 Å². The van der Waals surface area contributed by atoms with Crippen molar-refractivity contribution in [3.8, 4) is 10.4 Å². The van der Waals surface area contributed by atoms with E-state index in [0.29, 0.717) is 26.1 Å². The van der Waals surface area contributed by atoms with Crippen LogP contribution in [0.25, 0.3) is 21.5 Å². The first kappa shape index (κ1) is 34.1. The molecule has 2 amide bonds. The standard InChI is InChI=1S/C36H44N4O6S/c1-36(2,3)46-35(44)37-27(21-24-12-14-25(15-13-24)30-16-17-31(47-30)34(42)43)22-32(41)39-18-7-9-26(23-39)33-38-28-10-5-6-11-29(28)40(33)19-8-20-45-4/h5-6,10-17,26-27H,7-9,18-23H2,1-4H3,(H,37,44)(H,42,43). The van der Waals surface area contributed by atoms with Gasteiger partial charge in [0, 0.05) is 56.6 Å². The largest absolute Gasteiger partial charge is 0.477 e. The van der Waals surface area contributed by atoms with Gasteiger partial charge >= 0.3 is 12.1 Å². The number of nitrogens with one attached hydrogen (secondary N) is 1. The van der Waals surface area contributed by atoms with Crippen LogP contribution in [0.1, 0.15) is 73.4 Å². The number of piperidine rings is 1. The van der Waals surface area contributed by atoms with Gasteiger partial charge < -0.3 is 29.4 Å². The lowest BCUT2D eigenvalue weighted by atomic mass is 9.95. The van der Waals surface area contributed by atoms with Gasteiger partial charge in [0.05, 0.1) is 11.0 Å². The number of aromatic carboxylic acids is 1. The van der Waals surface area contributed by atoms with E-state index in [1.165, 1.54) is 11.3 Å². The van der Waals surface area contributed by atoms with E-state index in [2.05, 4.69) is 16.0 Å². The molecule has 4 aromatic rings. The fraction of sp³-hybridized carbons (Fsp3) is 0.444. The lowest BCUT2D eigenvalue weighted by molar-refractivity contribution is -0.133. The van der Waals surface area contributed by atoms with Crippen LogP contribution in [0.15, 0.2) is 60.7 Å². The SMILES string of the molecule is COCCCn1c(C2CCCN(C(=O)CC(Cc3ccc(-c4ccc(C(=O)O)s4)cc3)NC(=O)OC(C)(C)C)C2)nc2ccccc21. The molecule has 0 radical (unpaired) electrons. The third-order valence-electron chi connectivity index (χ3n) is 8.23. The molecule has 47 heavy (non-hydrogen) atoms. The normalized spacial score (nSPS) is 15.8. The Hall–Kier alpha value is -4.22. The fourth-order valence-corrected chi connectivity index (χ4v) is 6.96. The number of para-hydroxylation sites is 2. The Balaban J connectivity index is 1.30. The number of ether oxygens (including phenoxy) is 2. The van der Waals surface area contributed by atoms with Crippen LogP contribution in [0.2, 0.25) is 0 Å². The van der Waals surface area contributed by atoms with Gasteiger partial charge in [0.2, 0.25) is 5.91 Å². The highest BCUT2D eigenvalue weighted by Crippen LogP contribution is 2.31. The summed E-state index contributed by atoms with van der Waals surface area (Å²) in [7, 11) is 1.71. The Morgan fingerprint density at radius 3 is 2.55 bits per heavy atom. The van der Waals surface area contributed by atoms with Crippen LogP contribution in [0, 0.1) is 0 Å². The molecule has 2 N–H and O–H groups in total. The number of carboxylic acid groups (broad SMARTS) is 1. The van der Waals surface area contributed by atoms with Crippen LogP contribution in [-0.4, -0.2) is 76.0 Å². The van der Waals surface area contributed by atoms with Gasteiger partial charge in [0.15, 0.2) is 0 Å². The number of carboxylic acids is 1. The number of likely N-dealkylation sites (tertiary alicyclic amines) is 1. The van der Waals surface area contributed by atoms with Crippen molar-refractivity contribution in [3.63, 3.8) is 0 Å². The molecule has 1 aliphatic rings. The van der Waals surface area contributed by atoms with Crippen molar-refractivity contribution in [2.45, 2.75) is 77.0 Å². The predicted molar refractivity (Wildman–Crippen MR) is 183 cm³/mol. The number of rotatable bonds is 12. The van der Waals surface area contributed by atoms with Crippen molar-refractivity contribution in [1.29, 1.82) is 0 Å². The van der Waals surface area contributed by atoms with E-state index in [4.69, 9.17) is 14.5 Å². The number of imidazole rings is 1. The molecule has 0 bridgehead atoms. The van der Waals surface area contributed by atoms with Gasteiger partial charge in [-0.1, -0.05) is 36.4 Å². The molecule has 250 valence electrons. The smallest absolute Gasteiger partial charge is 0.407 e.